The number of benzene rings is 1. The van der Waals surface area contributed by atoms with Gasteiger partial charge in [-0.1, -0.05) is 17.3 Å². The highest BCUT2D eigenvalue weighted by Gasteiger charge is 2.41. The van der Waals surface area contributed by atoms with Crippen LogP contribution in [-0.2, 0) is 26.0 Å². The van der Waals surface area contributed by atoms with Crippen LogP contribution in [0.15, 0.2) is 40.7 Å². The van der Waals surface area contributed by atoms with Crippen LogP contribution in [0.1, 0.15) is 80.0 Å². The van der Waals surface area contributed by atoms with Crippen LogP contribution in [0.5, 0.6) is 0 Å². The normalized spacial score (nSPS) is 21.0. The second-order valence-electron chi connectivity index (χ2n) is 9.92. The Morgan fingerprint density at radius 3 is 2.51 bits per heavy atom. The van der Waals surface area contributed by atoms with Crippen molar-refractivity contribution in [1.29, 1.82) is 0 Å². The molecule has 0 saturated heterocycles. The Labute approximate surface area is 204 Å². The first-order valence-corrected chi connectivity index (χ1v) is 13.7. The highest BCUT2D eigenvalue weighted by Crippen LogP contribution is 2.47. The maximum Gasteiger partial charge on any atom is 0.233 e. The fourth-order valence-corrected chi connectivity index (χ4v) is 6.84. The minimum atomic E-state index is -3.34. The number of ketones is 1. The smallest absolute Gasteiger partial charge is 0.233 e. The van der Waals surface area contributed by atoms with Crippen LogP contribution in [0.25, 0.3) is 0 Å². The van der Waals surface area contributed by atoms with Gasteiger partial charge in [0.2, 0.25) is 5.91 Å². The standard InChI is InChI=1S/C25H28N4O5S/c30-19-5-1-15(9-19)10-22(25(31)29-24-14-26-18(12-27-24)13-28-32)17-4-8-23(21(11-17)16-2-3-16)35(33,34)20-6-7-20/h4,8,11-12,14-16,20,22H,1-3,5-7,9-10,13H2,(H,27,29,31)/t15-,22+/m0/s1. The van der Waals surface area contributed by atoms with Crippen molar-refractivity contribution in [1.82, 2.24) is 9.97 Å². The van der Waals surface area contributed by atoms with E-state index >= 15 is 0 Å². The molecule has 0 bridgehead atoms. The van der Waals surface area contributed by atoms with E-state index in [1.165, 1.54) is 12.4 Å². The van der Waals surface area contributed by atoms with Gasteiger partial charge in [0, 0.05) is 12.8 Å². The van der Waals surface area contributed by atoms with E-state index in [2.05, 4.69) is 20.5 Å². The first kappa shape index (κ1) is 23.7. The summed E-state index contributed by atoms with van der Waals surface area (Å²) >= 11 is 0. The molecule has 2 atom stereocenters. The molecular weight excluding hydrogens is 468 g/mol. The number of hydrogen-bond acceptors (Lipinski definition) is 8. The number of anilines is 1. The lowest BCUT2D eigenvalue weighted by molar-refractivity contribution is -0.119. The molecule has 0 radical (unpaired) electrons. The SMILES string of the molecule is O=NCc1cnc(NC(=O)[C@H](C[C@H]2CCC(=O)C2)c2ccc(S(=O)(=O)C3CC3)c(C3CC3)c2)cn1. The fraction of sp³-hybridized carbons (Fsp3) is 0.520. The Balaban J connectivity index is 1.44. The quantitative estimate of drug-likeness (QED) is 0.490. The highest BCUT2D eigenvalue weighted by atomic mass is 32.2. The lowest BCUT2D eigenvalue weighted by atomic mass is 9.86. The van der Waals surface area contributed by atoms with E-state index in [1.807, 2.05) is 6.07 Å². The number of carbonyl (C=O) groups excluding carboxylic acids is 2. The van der Waals surface area contributed by atoms with Crippen molar-refractivity contribution in [2.45, 2.75) is 79.9 Å². The third-order valence-electron chi connectivity index (χ3n) is 7.14. The lowest BCUT2D eigenvalue weighted by Gasteiger charge is -2.22. The molecule has 1 heterocycles. The van der Waals surface area contributed by atoms with Gasteiger partial charge in [-0.3, -0.25) is 14.6 Å². The van der Waals surface area contributed by atoms with Gasteiger partial charge in [-0.2, -0.15) is 4.91 Å². The minimum absolute atomic E-state index is 0.0976. The number of sulfone groups is 1. The number of Topliss-reactive ketones (excluding diaryl/α,β-unsaturated/α-hetero) is 1. The van der Waals surface area contributed by atoms with Crippen molar-refractivity contribution in [3.8, 4) is 0 Å². The lowest BCUT2D eigenvalue weighted by Crippen LogP contribution is -2.24. The fourth-order valence-electron chi connectivity index (χ4n) is 4.91. The van der Waals surface area contributed by atoms with Gasteiger partial charge in [0.1, 0.15) is 12.3 Å². The first-order chi connectivity index (χ1) is 16.8. The van der Waals surface area contributed by atoms with Crippen molar-refractivity contribution in [3.05, 3.63) is 52.3 Å². The van der Waals surface area contributed by atoms with Crippen LogP contribution in [0.3, 0.4) is 0 Å². The average molecular weight is 497 g/mol. The second-order valence-corrected chi connectivity index (χ2v) is 12.1. The molecule has 5 rings (SSSR count). The Bertz CT molecular complexity index is 1250. The molecular formula is C25H28N4O5S. The molecule has 0 unspecified atom stereocenters. The molecule has 0 aliphatic heterocycles. The van der Waals surface area contributed by atoms with Gasteiger partial charge in [-0.15, -0.1) is 0 Å². The second kappa shape index (κ2) is 9.56. The van der Waals surface area contributed by atoms with E-state index in [4.69, 9.17) is 0 Å². The molecule has 1 amide bonds. The van der Waals surface area contributed by atoms with Gasteiger partial charge < -0.3 is 5.32 Å². The third kappa shape index (κ3) is 5.32. The van der Waals surface area contributed by atoms with Crippen LogP contribution in [0.2, 0.25) is 0 Å². The van der Waals surface area contributed by atoms with E-state index in [-0.39, 0.29) is 41.1 Å². The molecule has 0 spiro atoms. The van der Waals surface area contributed by atoms with E-state index < -0.39 is 15.8 Å². The molecule has 1 aromatic heterocycles. The number of amides is 1. The van der Waals surface area contributed by atoms with Crippen molar-refractivity contribution in [2.24, 2.45) is 11.1 Å². The summed E-state index contributed by atoms with van der Waals surface area (Å²) in [6.45, 7) is -0.0976. The van der Waals surface area contributed by atoms with Crippen molar-refractivity contribution in [3.63, 3.8) is 0 Å². The van der Waals surface area contributed by atoms with Gasteiger partial charge in [0.25, 0.3) is 0 Å². The topological polar surface area (TPSA) is 136 Å². The molecule has 2 aromatic rings. The molecule has 184 valence electrons. The Morgan fingerprint density at radius 2 is 1.91 bits per heavy atom. The summed E-state index contributed by atoms with van der Waals surface area (Å²) in [5, 5.41) is 5.31. The monoisotopic (exact) mass is 496 g/mol. The zero-order valence-electron chi connectivity index (χ0n) is 19.4. The zero-order valence-corrected chi connectivity index (χ0v) is 20.2. The number of nitrogens with zero attached hydrogens (tertiary/aromatic N) is 3. The molecule has 1 N–H and O–H groups in total. The number of aromatic nitrogens is 2. The Kier molecular flexibility index (Phi) is 6.48. The van der Waals surface area contributed by atoms with E-state index in [1.54, 1.807) is 12.1 Å². The van der Waals surface area contributed by atoms with E-state index in [0.29, 0.717) is 42.7 Å². The summed E-state index contributed by atoms with van der Waals surface area (Å²) in [4.78, 5) is 44.4. The number of nitrogens with one attached hydrogen (secondary N) is 1. The zero-order chi connectivity index (χ0) is 24.6. The predicted molar refractivity (Wildman–Crippen MR) is 128 cm³/mol. The van der Waals surface area contributed by atoms with Crippen LogP contribution in [0.4, 0.5) is 5.82 Å². The summed E-state index contributed by atoms with van der Waals surface area (Å²) in [6, 6.07) is 5.34. The minimum Gasteiger partial charge on any atom is -0.309 e. The van der Waals surface area contributed by atoms with Crippen molar-refractivity contribution < 1.29 is 18.0 Å². The summed E-state index contributed by atoms with van der Waals surface area (Å²) in [7, 11) is -3.34. The molecule has 3 aliphatic rings. The number of rotatable bonds is 10. The highest BCUT2D eigenvalue weighted by molar-refractivity contribution is 7.92. The van der Waals surface area contributed by atoms with Crippen LogP contribution < -0.4 is 5.32 Å². The predicted octanol–water partition coefficient (Wildman–Crippen LogP) is 4.04. The van der Waals surface area contributed by atoms with Gasteiger partial charge >= 0.3 is 0 Å². The van der Waals surface area contributed by atoms with E-state index in [9.17, 15) is 22.9 Å². The van der Waals surface area contributed by atoms with Gasteiger partial charge in [0.05, 0.1) is 34.2 Å². The number of carbonyl (C=O) groups is 2. The van der Waals surface area contributed by atoms with E-state index in [0.717, 1.165) is 30.4 Å². The van der Waals surface area contributed by atoms with Gasteiger partial charge in [-0.05, 0) is 67.6 Å². The molecule has 3 aliphatic carbocycles. The largest absolute Gasteiger partial charge is 0.309 e. The van der Waals surface area contributed by atoms with Crippen LogP contribution >= 0.6 is 0 Å². The van der Waals surface area contributed by atoms with Crippen LogP contribution in [-0.4, -0.2) is 35.3 Å². The Hall–Kier alpha value is -3.01. The summed E-state index contributed by atoms with van der Waals surface area (Å²) < 4.78 is 26.1. The average Bonchev–Trinajstić information content (AvgIpc) is 3.76. The Morgan fingerprint density at radius 1 is 1.11 bits per heavy atom. The van der Waals surface area contributed by atoms with Crippen molar-refractivity contribution >= 4 is 27.3 Å². The maximum absolute atomic E-state index is 13.4. The number of hydrogen-bond donors (Lipinski definition) is 1. The summed E-state index contributed by atoms with van der Waals surface area (Å²) in [6.07, 6.45) is 8.32. The molecule has 10 heteroatoms. The molecule has 3 fully saturated rings. The molecule has 3 saturated carbocycles. The maximum atomic E-state index is 13.4. The number of nitroso groups, excluding NO2 is 1. The van der Waals surface area contributed by atoms with Gasteiger partial charge in [0.15, 0.2) is 15.7 Å². The van der Waals surface area contributed by atoms with Gasteiger partial charge in [-0.25, -0.2) is 13.4 Å². The van der Waals surface area contributed by atoms with Crippen LogP contribution in [0, 0.1) is 10.8 Å². The van der Waals surface area contributed by atoms with Crippen molar-refractivity contribution in [2.75, 3.05) is 5.32 Å². The summed E-state index contributed by atoms with van der Waals surface area (Å²) in [5.41, 5.74) is 1.98. The third-order valence-corrected chi connectivity index (χ3v) is 9.47. The first-order valence-electron chi connectivity index (χ1n) is 12.2. The molecule has 1 aromatic carbocycles. The molecule has 9 nitrogen and oxygen atoms in total. The molecule has 35 heavy (non-hydrogen) atoms. The summed E-state index contributed by atoms with van der Waals surface area (Å²) in [5.74, 6) is -0.0557.